The highest BCUT2D eigenvalue weighted by molar-refractivity contribution is 5.92. The molecular weight excluding hydrogens is 264 g/mol. The Hall–Kier alpha value is -2.49. The van der Waals surface area contributed by atoms with Crippen molar-refractivity contribution < 1.29 is 9.53 Å². The second-order valence-corrected chi connectivity index (χ2v) is 5.11. The van der Waals surface area contributed by atoms with Crippen LogP contribution in [0.2, 0.25) is 0 Å². The Morgan fingerprint density at radius 2 is 1.90 bits per heavy atom. The molecule has 0 aliphatic rings. The van der Waals surface area contributed by atoms with E-state index in [1.165, 1.54) is 0 Å². The number of ether oxygens (including phenoxy) is 1. The minimum absolute atomic E-state index is 0.167. The van der Waals surface area contributed by atoms with Crippen molar-refractivity contribution in [1.82, 2.24) is 0 Å². The summed E-state index contributed by atoms with van der Waals surface area (Å²) in [5.41, 5.74) is 7.80. The number of anilines is 1. The zero-order valence-corrected chi connectivity index (χ0v) is 12.3. The van der Waals surface area contributed by atoms with Gasteiger partial charge in [-0.2, -0.15) is 0 Å². The highest BCUT2D eigenvalue weighted by Crippen LogP contribution is 2.17. The lowest BCUT2D eigenvalue weighted by atomic mass is 10.1. The van der Waals surface area contributed by atoms with Crippen molar-refractivity contribution in [3.05, 3.63) is 59.7 Å². The quantitative estimate of drug-likeness (QED) is 0.856. The zero-order valence-electron chi connectivity index (χ0n) is 12.3. The van der Waals surface area contributed by atoms with Gasteiger partial charge in [0, 0.05) is 17.8 Å². The maximum absolute atomic E-state index is 11.1. The predicted molar refractivity (Wildman–Crippen MR) is 84.5 cm³/mol. The Balaban J connectivity index is 1.96. The summed E-state index contributed by atoms with van der Waals surface area (Å²) in [6.07, 6.45) is 0.167. The van der Waals surface area contributed by atoms with Crippen molar-refractivity contribution in [2.75, 3.05) is 5.32 Å². The van der Waals surface area contributed by atoms with Gasteiger partial charge in [-0.3, -0.25) is 4.79 Å². The molecule has 0 fully saturated rings. The van der Waals surface area contributed by atoms with Gasteiger partial charge >= 0.3 is 0 Å². The van der Waals surface area contributed by atoms with Crippen LogP contribution in [-0.2, 0) is 6.54 Å². The Morgan fingerprint density at radius 1 is 1.19 bits per heavy atom. The van der Waals surface area contributed by atoms with Gasteiger partial charge in [-0.1, -0.05) is 12.1 Å². The SMILES string of the molecule is CC(C)Oc1ccc(NCc2cccc(C(N)=O)c2)cc1. The van der Waals surface area contributed by atoms with Crippen molar-refractivity contribution in [1.29, 1.82) is 0 Å². The Morgan fingerprint density at radius 3 is 2.52 bits per heavy atom. The largest absolute Gasteiger partial charge is 0.491 e. The highest BCUT2D eigenvalue weighted by atomic mass is 16.5. The molecule has 0 unspecified atom stereocenters. The van der Waals surface area contributed by atoms with Crippen LogP contribution in [0.15, 0.2) is 48.5 Å². The summed E-state index contributed by atoms with van der Waals surface area (Å²) in [6, 6.07) is 15.1. The molecule has 2 aromatic rings. The fraction of sp³-hybridized carbons (Fsp3) is 0.235. The van der Waals surface area contributed by atoms with Crippen molar-refractivity contribution in [3.63, 3.8) is 0 Å². The van der Waals surface area contributed by atoms with Crippen LogP contribution < -0.4 is 15.8 Å². The van der Waals surface area contributed by atoms with Crippen LogP contribution in [0.4, 0.5) is 5.69 Å². The topological polar surface area (TPSA) is 64.3 Å². The van der Waals surface area contributed by atoms with Gasteiger partial charge in [0.1, 0.15) is 5.75 Å². The number of nitrogens with one attached hydrogen (secondary N) is 1. The number of benzene rings is 2. The number of nitrogens with two attached hydrogens (primary N) is 1. The lowest BCUT2D eigenvalue weighted by molar-refractivity contribution is 0.1000. The molecule has 0 bridgehead atoms. The third-order valence-electron chi connectivity index (χ3n) is 2.93. The van der Waals surface area contributed by atoms with Gasteiger partial charge in [-0.15, -0.1) is 0 Å². The lowest BCUT2D eigenvalue weighted by Gasteiger charge is -2.11. The van der Waals surface area contributed by atoms with E-state index in [4.69, 9.17) is 10.5 Å². The van der Waals surface area contributed by atoms with E-state index in [9.17, 15) is 4.79 Å². The van der Waals surface area contributed by atoms with E-state index in [0.717, 1.165) is 17.0 Å². The molecule has 0 spiro atoms. The van der Waals surface area contributed by atoms with Gasteiger partial charge in [-0.05, 0) is 55.8 Å². The fourth-order valence-corrected chi connectivity index (χ4v) is 1.96. The molecule has 2 aromatic carbocycles. The molecule has 0 atom stereocenters. The summed E-state index contributed by atoms with van der Waals surface area (Å²) in [7, 11) is 0. The third-order valence-corrected chi connectivity index (χ3v) is 2.93. The second-order valence-electron chi connectivity index (χ2n) is 5.11. The van der Waals surface area contributed by atoms with Crippen molar-refractivity contribution >= 4 is 11.6 Å². The molecule has 21 heavy (non-hydrogen) atoms. The number of rotatable bonds is 6. The molecule has 3 N–H and O–H groups in total. The van der Waals surface area contributed by atoms with Crippen molar-refractivity contribution in [3.8, 4) is 5.75 Å². The molecule has 0 aromatic heterocycles. The van der Waals surface area contributed by atoms with Crippen molar-refractivity contribution in [2.45, 2.75) is 26.5 Å². The van der Waals surface area contributed by atoms with E-state index in [0.29, 0.717) is 12.1 Å². The molecule has 2 rings (SSSR count). The molecule has 0 aliphatic heterocycles. The Kier molecular flexibility index (Phi) is 4.82. The zero-order chi connectivity index (χ0) is 15.2. The first kappa shape index (κ1) is 14.9. The first-order valence-electron chi connectivity index (χ1n) is 6.94. The van der Waals surface area contributed by atoms with Gasteiger partial charge < -0.3 is 15.8 Å². The summed E-state index contributed by atoms with van der Waals surface area (Å²) >= 11 is 0. The van der Waals surface area contributed by atoms with E-state index in [2.05, 4.69) is 5.32 Å². The number of carbonyl (C=O) groups is 1. The minimum Gasteiger partial charge on any atom is -0.491 e. The normalized spacial score (nSPS) is 10.4. The van der Waals surface area contributed by atoms with Crippen LogP contribution in [0.1, 0.15) is 29.8 Å². The Bertz CT molecular complexity index is 606. The van der Waals surface area contributed by atoms with Gasteiger partial charge in [0.25, 0.3) is 0 Å². The summed E-state index contributed by atoms with van der Waals surface area (Å²) in [5.74, 6) is 0.443. The summed E-state index contributed by atoms with van der Waals surface area (Å²) < 4.78 is 5.59. The van der Waals surface area contributed by atoms with Gasteiger partial charge in [-0.25, -0.2) is 0 Å². The maximum Gasteiger partial charge on any atom is 0.248 e. The summed E-state index contributed by atoms with van der Waals surface area (Å²) in [4.78, 5) is 11.1. The number of hydrogen-bond acceptors (Lipinski definition) is 3. The van der Waals surface area contributed by atoms with Crippen LogP contribution in [0.3, 0.4) is 0 Å². The van der Waals surface area contributed by atoms with E-state index >= 15 is 0 Å². The van der Waals surface area contributed by atoms with Crippen molar-refractivity contribution in [2.24, 2.45) is 5.73 Å². The smallest absolute Gasteiger partial charge is 0.248 e. The molecule has 0 heterocycles. The average molecular weight is 284 g/mol. The number of carbonyl (C=O) groups excluding carboxylic acids is 1. The Labute approximate surface area is 124 Å². The minimum atomic E-state index is -0.410. The van der Waals surface area contributed by atoms with E-state index < -0.39 is 5.91 Å². The molecule has 0 saturated carbocycles. The molecule has 4 nitrogen and oxygen atoms in total. The summed E-state index contributed by atoms with van der Waals surface area (Å²) in [6.45, 7) is 4.63. The molecule has 1 amide bonds. The van der Waals surface area contributed by atoms with Crippen LogP contribution in [0, 0.1) is 0 Å². The van der Waals surface area contributed by atoms with Gasteiger partial charge in [0.2, 0.25) is 5.91 Å². The monoisotopic (exact) mass is 284 g/mol. The van der Waals surface area contributed by atoms with Gasteiger partial charge in [0.05, 0.1) is 6.10 Å². The molecular formula is C17H20N2O2. The molecule has 0 saturated heterocycles. The highest BCUT2D eigenvalue weighted by Gasteiger charge is 2.02. The number of amides is 1. The molecule has 0 aliphatic carbocycles. The number of hydrogen-bond donors (Lipinski definition) is 2. The summed E-state index contributed by atoms with van der Waals surface area (Å²) in [5, 5.41) is 3.30. The molecule has 110 valence electrons. The second kappa shape index (κ2) is 6.79. The van der Waals surface area contributed by atoms with Crippen LogP contribution in [0.25, 0.3) is 0 Å². The maximum atomic E-state index is 11.1. The van der Waals surface area contributed by atoms with Gasteiger partial charge in [0.15, 0.2) is 0 Å². The molecule has 0 radical (unpaired) electrons. The van der Waals surface area contributed by atoms with E-state index in [1.54, 1.807) is 12.1 Å². The fourth-order valence-electron chi connectivity index (χ4n) is 1.96. The van der Waals surface area contributed by atoms with Crippen LogP contribution in [-0.4, -0.2) is 12.0 Å². The first-order chi connectivity index (χ1) is 10.0. The number of primary amides is 1. The van der Waals surface area contributed by atoms with Crippen LogP contribution in [0.5, 0.6) is 5.75 Å². The van der Waals surface area contributed by atoms with Crippen LogP contribution >= 0.6 is 0 Å². The average Bonchev–Trinajstić information content (AvgIpc) is 2.46. The molecule has 4 heteroatoms. The standard InChI is InChI=1S/C17H20N2O2/c1-12(2)21-16-8-6-15(7-9-16)19-11-13-4-3-5-14(10-13)17(18)20/h3-10,12,19H,11H2,1-2H3,(H2,18,20). The first-order valence-corrected chi connectivity index (χ1v) is 6.94. The van der Waals surface area contributed by atoms with E-state index in [1.807, 2.05) is 50.2 Å². The lowest BCUT2D eigenvalue weighted by Crippen LogP contribution is -2.11. The van der Waals surface area contributed by atoms with E-state index in [-0.39, 0.29) is 6.10 Å². The predicted octanol–water partition coefficient (Wildman–Crippen LogP) is 3.18. The third kappa shape index (κ3) is 4.53.